The number of carbonyl (C=O) groups excluding carboxylic acids is 1. The molecule has 2 atom stereocenters. The molecule has 1 saturated heterocycles. The summed E-state index contributed by atoms with van der Waals surface area (Å²) < 4.78 is 9.66. The van der Waals surface area contributed by atoms with E-state index in [1.165, 1.54) is 6.92 Å². The quantitative estimate of drug-likeness (QED) is 0.399. The largest absolute Gasteiger partial charge is 0.463 e. The zero-order chi connectivity index (χ0) is 6.85. The van der Waals surface area contributed by atoms with Crippen molar-refractivity contribution in [2.24, 2.45) is 0 Å². The summed E-state index contributed by atoms with van der Waals surface area (Å²) >= 11 is 0. The van der Waals surface area contributed by atoms with E-state index in [-0.39, 0.29) is 18.2 Å². The van der Waals surface area contributed by atoms with Crippen LogP contribution in [0.25, 0.3) is 0 Å². The van der Waals surface area contributed by atoms with Crippen LogP contribution in [0.2, 0.25) is 0 Å². The predicted molar refractivity (Wildman–Crippen MR) is 31.0 cm³/mol. The van der Waals surface area contributed by atoms with Crippen molar-refractivity contribution in [2.45, 2.75) is 26.1 Å². The lowest BCUT2D eigenvalue weighted by molar-refractivity contribution is -0.141. The highest BCUT2D eigenvalue weighted by Gasteiger charge is 2.34. The highest BCUT2D eigenvalue weighted by molar-refractivity contribution is 5.65. The van der Waals surface area contributed by atoms with Gasteiger partial charge >= 0.3 is 5.97 Å². The topological polar surface area (TPSA) is 38.8 Å². The summed E-state index contributed by atoms with van der Waals surface area (Å²) in [6, 6.07) is 0. The molecule has 0 aliphatic carbocycles. The first kappa shape index (κ1) is 6.55. The van der Waals surface area contributed by atoms with Gasteiger partial charge in [-0.05, 0) is 6.92 Å². The third-order valence-electron chi connectivity index (χ3n) is 1.29. The van der Waals surface area contributed by atoms with Gasteiger partial charge in [0.05, 0.1) is 6.10 Å². The molecule has 0 aromatic heterocycles. The molecule has 3 nitrogen and oxygen atoms in total. The Kier molecular flexibility index (Phi) is 1.71. The summed E-state index contributed by atoms with van der Waals surface area (Å²) in [5.74, 6) is -0.238. The number of hydrogen-bond donors (Lipinski definition) is 0. The maximum absolute atomic E-state index is 10.2. The lowest BCUT2D eigenvalue weighted by Crippen LogP contribution is -2.06. The zero-order valence-corrected chi connectivity index (χ0v) is 5.59. The number of hydrogen-bond acceptors (Lipinski definition) is 3. The van der Waals surface area contributed by atoms with Crippen LogP contribution in [-0.4, -0.2) is 24.8 Å². The highest BCUT2D eigenvalue weighted by atomic mass is 16.6. The van der Waals surface area contributed by atoms with E-state index in [1.807, 2.05) is 6.92 Å². The van der Waals surface area contributed by atoms with E-state index >= 15 is 0 Å². The molecule has 0 N–H and O–H groups in total. The Bertz CT molecular complexity index is 121. The van der Waals surface area contributed by atoms with Crippen LogP contribution in [0.4, 0.5) is 0 Å². The van der Waals surface area contributed by atoms with Crippen molar-refractivity contribution in [1.82, 2.24) is 0 Å². The number of epoxide rings is 1. The Balaban J connectivity index is 2.00. The van der Waals surface area contributed by atoms with E-state index < -0.39 is 0 Å². The third-order valence-corrected chi connectivity index (χ3v) is 1.29. The lowest BCUT2D eigenvalue weighted by Gasteiger charge is -1.94. The first-order valence-corrected chi connectivity index (χ1v) is 2.99. The van der Waals surface area contributed by atoms with Crippen LogP contribution in [0, 0.1) is 0 Å². The maximum atomic E-state index is 10.2. The van der Waals surface area contributed by atoms with Crippen LogP contribution in [0.1, 0.15) is 13.8 Å². The van der Waals surface area contributed by atoms with Crippen LogP contribution >= 0.6 is 0 Å². The molecule has 3 heteroatoms. The molecule has 0 bridgehead atoms. The van der Waals surface area contributed by atoms with Crippen molar-refractivity contribution in [3.8, 4) is 0 Å². The number of ether oxygens (including phenoxy) is 2. The molecule has 1 heterocycles. The fourth-order valence-corrected chi connectivity index (χ4v) is 0.605. The van der Waals surface area contributed by atoms with Gasteiger partial charge in [-0.25, -0.2) is 0 Å². The summed E-state index contributed by atoms with van der Waals surface area (Å²) in [5.41, 5.74) is 0. The number of rotatable bonds is 2. The molecule has 0 amide bonds. The highest BCUT2D eigenvalue weighted by Crippen LogP contribution is 2.20. The lowest BCUT2D eigenvalue weighted by atomic mass is 10.4. The molecule has 0 spiro atoms. The molecule has 1 aliphatic rings. The summed E-state index contributed by atoms with van der Waals surface area (Å²) in [4.78, 5) is 10.2. The van der Waals surface area contributed by atoms with Gasteiger partial charge in [-0.1, -0.05) is 0 Å². The van der Waals surface area contributed by atoms with Gasteiger partial charge in [0.1, 0.15) is 12.7 Å². The van der Waals surface area contributed by atoms with E-state index in [1.54, 1.807) is 0 Å². The van der Waals surface area contributed by atoms with Crippen LogP contribution < -0.4 is 0 Å². The Hall–Kier alpha value is -0.570. The standard InChI is InChI=1S/C6H10O3/c1-4-6(9-4)3-8-5(2)7/h4,6H,3H2,1-2H3. The Morgan fingerprint density at radius 2 is 2.33 bits per heavy atom. The normalized spacial score (nSPS) is 31.8. The summed E-state index contributed by atoms with van der Waals surface area (Å²) in [6.07, 6.45) is 0.443. The van der Waals surface area contributed by atoms with E-state index in [9.17, 15) is 4.79 Å². The molecule has 0 aromatic carbocycles. The van der Waals surface area contributed by atoms with Crippen molar-refractivity contribution in [2.75, 3.05) is 6.61 Å². The van der Waals surface area contributed by atoms with Crippen molar-refractivity contribution in [3.05, 3.63) is 0 Å². The molecular formula is C6H10O3. The first-order valence-electron chi connectivity index (χ1n) is 2.99. The van der Waals surface area contributed by atoms with Gasteiger partial charge in [-0.15, -0.1) is 0 Å². The Morgan fingerprint density at radius 1 is 1.78 bits per heavy atom. The minimum atomic E-state index is -0.238. The third kappa shape index (κ3) is 2.01. The zero-order valence-electron chi connectivity index (χ0n) is 5.59. The molecule has 1 rings (SSSR count). The fraction of sp³-hybridized carbons (Fsp3) is 0.833. The fourth-order valence-electron chi connectivity index (χ4n) is 0.605. The molecule has 0 saturated carbocycles. The van der Waals surface area contributed by atoms with Crippen molar-refractivity contribution >= 4 is 5.97 Å². The minimum absolute atomic E-state index is 0.161. The van der Waals surface area contributed by atoms with Crippen molar-refractivity contribution < 1.29 is 14.3 Å². The van der Waals surface area contributed by atoms with E-state index in [0.717, 1.165) is 0 Å². The average molecular weight is 130 g/mol. The molecule has 1 aliphatic heterocycles. The van der Waals surface area contributed by atoms with Crippen molar-refractivity contribution in [3.63, 3.8) is 0 Å². The van der Waals surface area contributed by atoms with Gasteiger partial charge in [0.25, 0.3) is 0 Å². The molecule has 0 aromatic rings. The Morgan fingerprint density at radius 3 is 2.67 bits per heavy atom. The smallest absolute Gasteiger partial charge is 0.302 e. The minimum Gasteiger partial charge on any atom is -0.463 e. The van der Waals surface area contributed by atoms with Crippen LogP contribution in [-0.2, 0) is 14.3 Å². The molecule has 1 fully saturated rings. The molecule has 9 heavy (non-hydrogen) atoms. The monoisotopic (exact) mass is 130 g/mol. The van der Waals surface area contributed by atoms with E-state index in [2.05, 4.69) is 4.74 Å². The van der Waals surface area contributed by atoms with Gasteiger partial charge in [0.2, 0.25) is 0 Å². The van der Waals surface area contributed by atoms with E-state index in [0.29, 0.717) is 6.61 Å². The number of carbonyl (C=O) groups is 1. The summed E-state index contributed by atoms with van der Waals surface area (Å²) in [5, 5.41) is 0. The Labute approximate surface area is 53.9 Å². The SMILES string of the molecule is CC(=O)OCC1OC1C. The van der Waals surface area contributed by atoms with Crippen LogP contribution in [0.15, 0.2) is 0 Å². The summed E-state index contributed by atoms with van der Waals surface area (Å²) in [6.45, 7) is 3.76. The van der Waals surface area contributed by atoms with E-state index in [4.69, 9.17) is 4.74 Å². The molecule has 52 valence electrons. The van der Waals surface area contributed by atoms with Gasteiger partial charge in [0.15, 0.2) is 0 Å². The second-order valence-electron chi connectivity index (χ2n) is 2.18. The molecular weight excluding hydrogens is 120 g/mol. The maximum Gasteiger partial charge on any atom is 0.302 e. The predicted octanol–water partition coefficient (Wildman–Crippen LogP) is 0.337. The molecule has 0 radical (unpaired) electrons. The second kappa shape index (κ2) is 2.35. The average Bonchev–Trinajstić information content (AvgIpc) is 2.42. The van der Waals surface area contributed by atoms with Crippen LogP contribution in [0.3, 0.4) is 0 Å². The van der Waals surface area contributed by atoms with Gasteiger partial charge in [-0.2, -0.15) is 0 Å². The van der Waals surface area contributed by atoms with Crippen LogP contribution in [0.5, 0.6) is 0 Å². The summed E-state index contributed by atoms with van der Waals surface area (Å²) in [7, 11) is 0. The van der Waals surface area contributed by atoms with Crippen molar-refractivity contribution in [1.29, 1.82) is 0 Å². The van der Waals surface area contributed by atoms with Gasteiger partial charge in [-0.3, -0.25) is 4.79 Å². The first-order chi connectivity index (χ1) is 4.20. The number of esters is 1. The molecule has 2 unspecified atom stereocenters. The van der Waals surface area contributed by atoms with Gasteiger partial charge in [0, 0.05) is 6.92 Å². The second-order valence-corrected chi connectivity index (χ2v) is 2.18. The van der Waals surface area contributed by atoms with Gasteiger partial charge < -0.3 is 9.47 Å².